The van der Waals surface area contributed by atoms with Crippen LogP contribution in [0.1, 0.15) is 46.8 Å². The Labute approximate surface area is 139 Å². The van der Waals surface area contributed by atoms with E-state index in [4.69, 9.17) is 0 Å². The number of benzene rings is 2. The van der Waals surface area contributed by atoms with Crippen molar-refractivity contribution in [2.24, 2.45) is 0 Å². The van der Waals surface area contributed by atoms with Crippen LogP contribution in [-0.4, -0.2) is 28.4 Å². The molecule has 24 heavy (non-hydrogen) atoms. The number of nitrogens with zero attached hydrogens (tertiary/aromatic N) is 1. The Kier molecular flexibility index (Phi) is 4.34. The number of hydrogen-bond acceptors (Lipinski definition) is 2. The van der Waals surface area contributed by atoms with Gasteiger partial charge in [0.1, 0.15) is 11.7 Å². The van der Waals surface area contributed by atoms with Crippen LogP contribution in [-0.2, 0) is 4.79 Å². The molecule has 0 aliphatic carbocycles. The molecular formula is C19H18FNO3. The van der Waals surface area contributed by atoms with Crippen LogP contribution in [0.2, 0.25) is 0 Å². The summed E-state index contributed by atoms with van der Waals surface area (Å²) in [4.78, 5) is 26.5. The van der Waals surface area contributed by atoms with Gasteiger partial charge in [0, 0.05) is 12.1 Å². The molecule has 4 nitrogen and oxygen atoms in total. The van der Waals surface area contributed by atoms with Crippen molar-refractivity contribution in [3.8, 4) is 0 Å². The van der Waals surface area contributed by atoms with E-state index in [1.165, 1.54) is 12.1 Å². The molecule has 0 spiro atoms. The largest absolute Gasteiger partial charge is 0.481 e. The normalized spacial score (nSPS) is 19.9. The number of halogens is 1. The first-order valence-electron chi connectivity index (χ1n) is 7.92. The van der Waals surface area contributed by atoms with Crippen LogP contribution in [0.25, 0.3) is 0 Å². The number of carbonyl (C=O) groups excluding carboxylic acids is 1. The molecule has 1 aliphatic rings. The zero-order valence-corrected chi connectivity index (χ0v) is 13.3. The highest BCUT2D eigenvalue weighted by Gasteiger charge is 2.43. The molecule has 2 aromatic carbocycles. The van der Waals surface area contributed by atoms with Gasteiger partial charge in [-0.25, -0.2) is 4.39 Å². The van der Waals surface area contributed by atoms with E-state index in [1.54, 1.807) is 41.3 Å². The second-order valence-electron chi connectivity index (χ2n) is 5.90. The third kappa shape index (κ3) is 2.66. The molecule has 0 fully saturated rings. The average molecular weight is 327 g/mol. The quantitative estimate of drug-likeness (QED) is 0.933. The van der Waals surface area contributed by atoms with Crippen molar-refractivity contribution in [1.29, 1.82) is 0 Å². The van der Waals surface area contributed by atoms with Crippen LogP contribution in [0.4, 0.5) is 4.39 Å². The van der Waals surface area contributed by atoms with Crippen molar-refractivity contribution in [3.05, 3.63) is 71.0 Å². The zero-order chi connectivity index (χ0) is 17.3. The van der Waals surface area contributed by atoms with Crippen LogP contribution < -0.4 is 0 Å². The van der Waals surface area contributed by atoms with Crippen molar-refractivity contribution in [2.75, 3.05) is 6.54 Å². The fraction of sp³-hybridized carbons (Fsp3) is 0.263. The second-order valence-corrected chi connectivity index (χ2v) is 5.90. The summed E-state index contributed by atoms with van der Waals surface area (Å²) < 4.78 is 13.3. The summed E-state index contributed by atoms with van der Waals surface area (Å²) in [5, 5.41) is 9.83. The first-order chi connectivity index (χ1) is 11.5. The maximum Gasteiger partial charge on any atom is 0.313 e. The Bertz CT molecular complexity index is 772. The highest BCUT2D eigenvalue weighted by atomic mass is 19.1. The summed E-state index contributed by atoms with van der Waals surface area (Å²) in [7, 11) is 0. The van der Waals surface area contributed by atoms with Crippen LogP contribution in [0.3, 0.4) is 0 Å². The summed E-state index contributed by atoms with van der Waals surface area (Å²) in [6.45, 7) is 2.38. The fourth-order valence-electron chi connectivity index (χ4n) is 3.38. The summed E-state index contributed by atoms with van der Waals surface area (Å²) in [6.07, 6.45) is 0.706. The molecule has 2 atom stereocenters. The van der Waals surface area contributed by atoms with Crippen LogP contribution in [0.15, 0.2) is 48.5 Å². The van der Waals surface area contributed by atoms with Gasteiger partial charge in [0.2, 0.25) is 0 Å². The number of aliphatic carboxylic acids is 1. The molecule has 1 heterocycles. The van der Waals surface area contributed by atoms with Gasteiger partial charge in [-0.3, -0.25) is 9.59 Å². The maximum absolute atomic E-state index is 13.3. The number of fused-ring (bicyclic) bond motifs is 1. The van der Waals surface area contributed by atoms with Crippen molar-refractivity contribution in [2.45, 2.75) is 25.3 Å². The SMILES string of the molecule is CCCN1C(=O)c2ccccc2C(C(=O)O)C1c1ccc(F)cc1. The molecule has 0 bridgehead atoms. The minimum Gasteiger partial charge on any atom is -0.481 e. The Balaban J connectivity index is 2.19. The van der Waals surface area contributed by atoms with Gasteiger partial charge in [0.25, 0.3) is 5.91 Å². The number of hydrogen-bond donors (Lipinski definition) is 1. The Morgan fingerprint density at radius 1 is 1.17 bits per heavy atom. The van der Waals surface area contributed by atoms with E-state index in [-0.39, 0.29) is 5.91 Å². The van der Waals surface area contributed by atoms with Crippen molar-refractivity contribution in [1.82, 2.24) is 4.90 Å². The van der Waals surface area contributed by atoms with Crippen LogP contribution >= 0.6 is 0 Å². The molecule has 1 amide bonds. The molecule has 5 heteroatoms. The predicted octanol–water partition coefficient (Wildman–Crippen LogP) is 3.60. The van der Waals surface area contributed by atoms with E-state index in [0.717, 1.165) is 0 Å². The fourth-order valence-corrected chi connectivity index (χ4v) is 3.38. The molecule has 3 rings (SSSR count). The molecule has 0 radical (unpaired) electrons. The molecule has 0 saturated carbocycles. The highest BCUT2D eigenvalue weighted by molar-refractivity contribution is 6.00. The van der Waals surface area contributed by atoms with Crippen molar-refractivity contribution in [3.63, 3.8) is 0 Å². The lowest BCUT2D eigenvalue weighted by Gasteiger charge is -2.40. The number of carbonyl (C=O) groups is 2. The molecule has 2 unspecified atom stereocenters. The lowest BCUT2D eigenvalue weighted by molar-refractivity contribution is -0.140. The Morgan fingerprint density at radius 3 is 2.46 bits per heavy atom. The smallest absolute Gasteiger partial charge is 0.313 e. The van der Waals surface area contributed by atoms with E-state index in [1.807, 2.05) is 6.92 Å². The van der Waals surface area contributed by atoms with Gasteiger partial charge in [0.15, 0.2) is 0 Å². The van der Waals surface area contributed by atoms with Crippen molar-refractivity contribution < 1.29 is 19.1 Å². The predicted molar refractivity (Wildman–Crippen MR) is 87.3 cm³/mol. The second kappa shape index (κ2) is 6.43. The van der Waals surface area contributed by atoms with E-state index in [0.29, 0.717) is 29.7 Å². The first kappa shape index (κ1) is 16.2. The van der Waals surface area contributed by atoms with E-state index in [2.05, 4.69) is 0 Å². The molecule has 0 aromatic heterocycles. The molecular weight excluding hydrogens is 309 g/mol. The first-order valence-corrected chi connectivity index (χ1v) is 7.92. The lowest BCUT2D eigenvalue weighted by Crippen LogP contribution is -2.45. The summed E-state index contributed by atoms with van der Waals surface area (Å²) >= 11 is 0. The number of carboxylic acid groups (broad SMARTS) is 1. The van der Waals surface area contributed by atoms with Gasteiger partial charge in [-0.1, -0.05) is 37.3 Å². The van der Waals surface area contributed by atoms with E-state index in [9.17, 15) is 19.1 Å². The summed E-state index contributed by atoms with van der Waals surface area (Å²) in [6, 6.07) is 11.9. The van der Waals surface area contributed by atoms with Gasteiger partial charge in [-0.2, -0.15) is 0 Å². The Hall–Kier alpha value is -2.69. The molecule has 1 aliphatic heterocycles. The van der Waals surface area contributed by atoms with Gasteiger partial charge in [-0.15, -0.1) is 0 Å². The monoisotopic (exact) mass is 327 g/mol. The standard InChI is InChI=1S/C19H18FNO3/c1-2-11-21-17(12-7-9-13(20)10-8-12)16(19(23)24)14-5-3-4-6-15(14)18(21)22/h3-10,16-17H,2,11H2,1H3,(H,23,24). The number of rotatable bonds is 4. The van der Waals surface area contributed by atoms with Gasteiger partial charge < -0.3 is 10.0 Å². The summed E-state index contributed by atoms with van der Waals surface area (Å²) in [5.74, 6) is -2.45. The van der Waals surface area contributed by atoms with Crippen LogP contribution in [0, 0.1) is 5.82 Å². The maximum atomic E-state index is 13.3. The van der Waals surface area contributed by atoms with Crippen molar-refractivity contribution >= 4 is 11.9 Å². The van der Waals surface area contributed by atoms with E-state index >= 15 is 0 Å². The molecule has 2 aromatic rings. The van der Waals surface area contributed by atoms with Crippen LogP contribution in [0.5, 0.6) is 0 Å². The van der Waals surface area contributed by atoms with E-state index < -0.39 is 23.7 Å². The third-order valence-electron chi connectivity index (χ3n) is 4.38. The minimum absolute atomic E-state index is 0.181. The zero-order valence-electron chi connectivity index (χ0n) is 13.3. The topological polar surface area (TPSA) is 57.6 Å². The minimum atomic E-state index is -0.995. The Morgan fingerprint density at radius 2 is 1.83 bits per heavy atom. The third-order valence-corrected chi connectivity index (χ3v) is 4.38. The molecule has 0 saturated heterocycles. The lowest BCUT2D eigenvalue weighted by atomic mass is 9.79. The number of carboxylic acids is 1. The molecule has 1 N–H and O–H groups in total. The summed E-state index contributed by atoms with van der Waals surface area (Å²) in [5.41, 5.74) is 1.56. The highest BCUT2D eigenvalue weighted by Crippen LogP contribution is 2.42. The average Bonchev–Trinajstić information content (AvgIpc) is 2.58. The van der Waals surface area contributed by atoms with Gasteiger partial charge in [-0.05, 0) is 35.7 Å². The molecule has 124 valence electrons. The number of amides is 1. The van der Waals surface area contributed by atoms with Gasteiger partial charge in [0.05, 0.1) is 6.04 Å². The van der Waals surface area contributed by atoms with Gasteiger partial charge >= 0.3 is 5.97 Å².